The molecule has 16 heavy (non-hydrogen) atoms. The summed E-state index contributed by atoms with van der Waals surface area (Å²) in [6.07, 6.45) is 0.890. The fourth-order valence-corrected chi connectivity index (χ4v) is 1.81. The highest BCUT2D eigenvalue weighted by Gasteiger charge is 2.13. The average molecular weight is 223 g/mol. The molecule has 2 heterocycles. The summed E-state index contributed by atoms with van der Waals surface area (Å²) in [6.45, 7) is 4.11. The Morgan fingerprint density at radius 2 is 2.50 bits per heavy atom. The van der Waals surface area contributed by atoms with Crippen LogP contribution in [0.3, 0.4) is 0 Å². The van der Waals surface area contributed by atoms with Crippen molar-refractivity contribution in [3.05, 3.63) is 27.7 Å². The maximum atomic E-state index is 11.8. The van der Waals surface area contributed by atoms with Crippen molar-refractivity contribution in [3.8, 4) is 0 Å². The number of hydrogen-bond acceptors (Lipinski definition) is 4. The lowest BCUT2D eigenvalue weighted by atomic mass is 10.1. The Hall–Kier alpha value is -1.20. The first-order chi connectivity index (χ1) is 7.70. The van der Waals surface area contributed by atoms with Gasteiger partial charge in [-0.2, -0.15) is 5.10 Å². The molecule has 0 amide bonds. The Balaban J connectivity index is 2.29. The zero-order chi connectivity index (χ0) is 11.5. The van der Waals surface area contributed by atoms with Crippen LogP contribution in [-0.4, -0.2) is 29.5 Å². The molecule has 1 aliphatic rings. The summed E-state index contributed by atoms with van der Waals surface area (Å²) in [4.78, 5) is 11.8. The number of methoxy groups -OCH3 is 1. The first kappa shape index (κ1) is 11.3. The van der Waals surface area contributed by atoms with Gasteiger partial charge in [-0.15, -0.1) is 0 Å². The summed E-state index contributed by atoms with van der Waals surface area (Å²) < 4.78 is 6.64. The largest absolute Gasteiger partial charge is 0.380 e. The lowest BCUT2D eigenvalue weighted by Gasteiger charge is -2.18. The molecule has 1 unspecified atom stereocenters. The van der Waals surface area contributed by atoms with Gasteiger partial charge in [0.25, 0.3) is 5.56 Å². The summed E-state index contributed by atoms with van der Waals surface area (Å²) >= 11 is 0. The van der Waals surface area contributed by atoms with Gasteiger partial charge in [-0.3, -0.25) is 4.79 Å². The monoisotopic (exact) mass is 223 g/mol. The Labute approximate surface area is 94.4 Å². The number of ether oxygens (including phenoxy) is 1. The molecule has 0 aliphatic carbocycles. The lowest BCUT2D eigenvalue weighted by molar-refractivity contribution is 0.0981. The zero-order valence-corrected chi connectivity index (χ0v) is 9.69. The third kappa shape index (κ3) is 2.31. The number of fused-ring (bicyclic) bond motifs is 1. The van der Waals surface area contributed by atoms with Crippen LogP contribution in [-0.2, 0) is 24.2 Å². The van der Waals surface area contributed by atoms with E-state index in [1.54, 1.807) is 13.2 Å². The predicted molar refractivity (Wildman–Crippen MR) is 60.4 cm³/mol. The number of aromatic nitrogens is 2. The summed E-state index contributed by atoms with van der Waals surface area (Å²) in [5, 5.41) is 7.61. The summed E-state index contributed by atoms with van der Waals surface area (Å²) in [6, 6.07) is 1.68. The van der Waals surface area contributed by atoms with E-state index in [9.17, 15) is 4.79 Å². The fraction of sp³-hybridized carbons (Fsp3) is 0.636. The number of nitrogens with one attached hydrogen (secondary N) is 1. The van der Waals surface area contributed by atoms with E-state index in [4.69, 9.17) is 4.74 Å². The van der Waals surface area contributed by atoms with E-state index in [1.165, 1.54) is 4.68 Å². The molecule has 0 saturated heterocycles. The molecule has 1 aliphatic heterocycles. The van der Waals surface area contributed by atoms with E-state index in [0.717, 1.165) is 30.8 Å². The van der Waals surface area contributed by atoms with Crippen molar-refractivity contribution in [2.45, 2.75) is 32.5 Å². The van der Waals surface area contributed by atoms with E-state index < -0.39 is 0 Å². The number of hydrogen-bond donors (Lipinski definition) is 1. The van der Waals surface area contributed by atoms with Crippen LogP contribution in [0.4, 0.5) is 0 Å². The van der Waals surface area contributed by atoms with Crippen molar-refractivity contribution in [1.29, 1.82) is 0 Å². The van der Waals surface area contributed by atoms with Gasteiger partial charge in [-0.1, -0.05) is 0 Å². The van der Waals surface area contributed by atoms with Gasteiger partial charge >= 0.3 is 0 Å². The van der Waals surface area contributed by atoms with Gasteiger partial charge < -0.3 is 10.1 Å². The molecule has 2 rings (SSSR count). The Morgan fingerprint density at radius 1 is 1.69 bits per heavy atom. The molecule has 0 saturated carbocycles. The van der Waals surface area contributed by atoms with E-state index in [-0.39, 0.29) is 11.7 Å². The summed E-state index contributed by atoms with van der Waals surface area (Å²) in [7, 11) is 1.64. The second-order valence-electron chi connectivity index (χ2n) is 4.11. The van der Waals surface area contributed by atoms with E-state index >= 15 is 0 Å². The van der Waals surface area contributed by atoms with Gasteiger partial charge in [0.05, 0.1) is 18.3 Å². The minimum Gasteiger partial charge on any atom is -0.380 e. The van der Waals surface area contributed by atoms with Crippen molar-refractivity contribution in [3.63, 3.8) is 0 Å². The second-order valence-corrected chi connectivity index (χ2v) is 4.11. The molecule has 0 spiro atoms. The quantitative estimate of drug-likeness (QED) is 0.779. The highest BCUT2D eigenvalue weighted by molar-refractivity contribution is 5.20. The maximum absolute atomic E-state index is 11.8. The molecule has 0 aromatic carbocycles. The van der Waals surface area contributed by atoms with Gasteiger partial charge in [0.2, 0.25) is 0 Å². The molecule has 1 aromatic heterocycles. The first-order valence-corrected chi connectivity index (χ1v) is 5.54. The van der Waals surface area contributed by atoms with Crippen molar-refractivity contribution >= 4 is 0 Å². The van der Waals surface area contributed by atoms with Gasteiger partial charge in [0.1, 0.15) is 0 Å². The van der Waals surface area contributed by atoms with E-state index in [2.05, 4.69) is 10.4 Å². The molecule has 0 fully saturated rings. The van der Waals surface area contributed by atoms with Crippen molar-refractivity contribution < 1.29 is 4.74 Å². The van der Waals surface area contributed by atoms with Crippen LogP contribution in [0, 0.1) is 0 Å². The SMILES string of the molecule is COC(C)Cn1nc2c(cc1=O)CNCC2. The normalized spacial score (nSPS) is 16.9. The molecular formula is C11H17N3O2. The molecule has 1 aromatic rings. The molecule has 0 bridgehead atoms. The molecule has 5 nitrogen and oxygen atoms in total. The molecule has 0 radical (unpaired) electrons. The highest BCUT2D eigenvalue weighted by Crippen LogP contribution is 2.07. The van der Waals surface area contributed by atoms with Crippen LogP contribution in [0.5, 0.6) is 0 Å². The van der Waals surface area contributed by atoms with Crippen molar-refractivity contribution in [2.75, 3.05) is 13.7 Å². The third-order valence-electron chi connectivity index (χ3n) is 2.85. The smallest absolute Gasteiger partial charge is 0.267 e. The van der Waals surface area contributed by atoms with Gasteiger partial charge in [0.15, 0.2) is 0 Å². The lowest BCUT2D eigenvalue weighted by Crippen LogP contribution is -2.33. The van der Waals surface area contributed by atoms with Crippen molar-refractivity contribution in [1.82, 2.24) is 15.1 Å². The number of nitrogens with zero attached hydrogens (tertiary/aromatic N) is 2. The molecule has 1 N–H and O–H groups in total. The summed E-state index contributed by atoms with van der Waals surface area (Å²) in [5.74, 6) is 0. The van der Waals surface area contributed by atoms with Gasteiger partial charge in [-0.05, 0) is 12.5 Å². The van der Waals surface area contributed by atoms with Crippen molar-refractivity contribution in [2.24, 2.45) is 0 Å². The van der Waals surface area contributed by atoms with Gasteiger partial charge in [-0.25, -0.2) is 4.68 Å². The Morgan fingerprint density at radius 3 is 3.25 bits per heavy atom. The van der Waals surface area contributed by atoms with E-state index in [1.807, 2.05) is 6.92 Å². The average Bonchev–Trinajstić information content (AvgIpc) is 2.30. The van der Waals surface area contributed by atoms with Crippen LogP contribution in [0.15, 0.2) is 10.9 Å². The summed E-state index contributed by atoms with van der Waals surface area (Å²) in [5.41, 5.74) is 2.01. The number of rotatable bonds is 3. The molecule has 88 valence electrons. The Kier molecular flexibility index (Phi) is 3.36. The topological polar surface area (TPSA) is 56.2 Å². The predicted octanol–water partition coefficient (Wildman–Crippen LogP) is -0.0761. The van der Waals surface area contributed by atoms with E-state index in [0.29, 0.717) is 6.54 Å². The second kappa shape index (κ2) is 4.76. The van der Waals surface area contributed by atoms with Crippen LogP contribution in [0.2, 0.25) is 0 Å². The van der Waals surface area contributed by atoms with Crippen LogP contribution in [0.1, 0.15) is 18.2 Å². The Bertz CT molecular complexity index is 428. The maximum Gasteiger partial charge on any atom is 0.267 e. The minimum absolute atomic E-state index is 0.00460. The van der Waals surface area contributed by atoms with Crippen LogP contribution < -0.4 is 10.9 Å². The zero-order valence-electron chi connectivity index (χ0n) is 9.69. The molecule has 5 heteroatoms. The first-order valence-electron chi connectivity index (χ1n) is 5.54. The standard InChI is InChI=1S/C11H17N3O2/c1-8(16-2)7-14-11(15)5-9-6-12-4-3-10(9)13-14/h5,8,12H,3-4,6-7H2,1-2H3. The molecule has 1 atom stereocenters. The minimum atomic E-state index is -0.0497. The van der Waals surface area contributed by atoms with Crippen LogP contribution >= 0.6 is 0 Å². The van der Waals surface area contributed by atoms with Gasteiger partial charge in [0, 0.05) is 32.7 Å². The third-order valence-corrected chi connectivity index (χ3v) is 2.85. The van der Waals surface area contributed by atoms with Crippen LogP contribution in [0.25, 0.3) is 0 Å². The highest BCUT2D eigenvalue weighted by atomic mass is 16.5. The molecular weight excluding hydrogens is 206 g/mol. The fourth-order valence-electron chi connectivity index (χ4n) is 1.81.